The van der Waals surface area contributed by atoms with E-state index in [9.17, 15) is 22.8 Å². The topological polar surface area (TPSA) is 46.2 Å². The van der Waals surface area contributed by atoms with Crippen molar-refractivity contribution >= 4 is 23.3 Å². The number of hydrogen-bond donors (Lipinski definition) is 1. The van der Waals surface area contributed by atoms with Gasteiger partial charge in [-0.1, -0.05) is 13.3 Å². The van der Waals surface area contributed by atoms with Crippen LogP contribution in [-0.4, -0.2) is 29.8 Å². The van der Waals surface area contributed by atoms with E-state index in [0.29, 0.717) is 6.42 Å². The lowest BCUT2D eigenvalue weighted by molar-refractivity contribution is -0.174. The molecule has 88 valence electrons. The Labute approximate surface area is 90.0 Å². The van der Waals surface area contributed by atoms with Crippen LogP contribution < -0.4 is 5.32 Å². The summed E-state index contributed by atoms with van der Waals surface area (Å²) in [5, 5.41) is 1.61. The van der Waals surface area contributed by atoms with Gasteiger partial charge in [0.05, 0.1) is 11.9 Å². The highest BCUT2D eigenvalue weighted by atomic mass is 35.5. The summed E-state index contributed by atoms with van der Waals surface area (Å²) in [4.78, 5) is 21.6. The Bertz CT molecular complexity index is 243. The van der Waals surface area contributed by atoms with Crippen molar-refractivity contribution in [2.45, 2.75) is 32.0 Å². The lowest BCUT2D eigenvalue weighted by Gasteiger charge is -2.16. The van der Waals surface area contributed by atoms with E-state index in [4.69, 9.17) is 11.6 Å². The van der Waals surface area contributed by atoms with E-state index in [1.807, 2.05) is 0 Å². The highest BCUT2D eigenvalue weighted by molar-refractivity contribution is 6.28. The molecule has 1 unspecified atom stereocenters. The van der Waals surface area contributed by atoms with Crippen LogP contribution in [0.5, 0.6) is 0 Å². The molecule has 0 heterocycles. The number of rotatable bonds is 5. The number of Topliss-reactive ketones (excluding diaryl/α,β-unsaturated/α-hetero) is 1. The van der Waals surface area contributed by atoms with Gasteiger partial charge in [0.25, 0.3) is 0 Å². The third-order valence-corrected chi connectivity index (χ3v) is 1.92. The van der Waals surface area contributed by atoms with Crippen LogP contribution in [0.15, 0.2) is 0 Å². The summed E-state index contributed by atoms with van der Waals surface area (Å²) >= 11 is 5.20. The molecule has 1 atom stereocenters. The zero-order chi connectivity index (χ0) is 12.1. The summed E-state index contributed by atoms with van der Waals surface area (Å²) in [5.74, 6) is -3.14. The van der Waals surface area contributed by atoms with E-state index in [-0.39, 0.29) is 6.42 Å². The molecule has 0 fully saturated rings. The van der Waals surface area contributed by atoms with Crippen molar-refractivity contribution in [3.8, 4) is 0 Å². The fourth-order valence-electron chi connectivity index (χ4n) is 0.936. The number of halogens is 4. The molecule has 1 N–H and O–H groups in total. The minimum atomic E-state index is -4.97. The quantitative estimate of drug-likeness (QED) is 0.749. The van der Waals surface area contributed by atoms with E-state index < -0.39 is 29.8 Å². The number of ketones is 1. The van der Waals surface area contributed by atoms with Gasteiger partial charge in [-0.3, -0.25) is 9.59 Å². The molecule has 0 aliphatic rings. The summed E-state index contributed by atoms with van der Waals surface area (Å²) in [6.45, 7) is 1.69. The average Bonchev–Trinajstić information content (AvgIpc) is 2.14. The predicted molar refractivity (Wildman–Crippen MR) is 48.6 cm³/mol. The molecule has 0 spiro atoms. The van der Waals surface area contributed by atoms with Gasteiger partial charge < -0.3 is 5.32 Å². The number of hydrogen-bond acceptors (Lipinski definition) is 2. The van der Waals surface area contributed by atoms with E-state index >= 15 is 0 Å². The third kappa shape index (κ3) is 5.01. The normalized spacial score (nSPS) is 13.4. The number of nitrogens with one attached hydrogen (secondary N) is 1. The Hall–Kier alpha value is -0.780. The molecular formula is C8H11ClF3NO2. The predicted octanol–water partition coefficient (Wildman–Crippen LogP) is 1.64. The van der Waals surface area contributed by atoms with Crippen LogP contribution in [0.1, 0.15) is 19.8 Å². The molecule has 0 saturated heterocycles. The Morgan fingerprint density at radius 1 is 1.40 bits per heavy atom. The zero-order valence-corrected chi connectivity index (χ0v) is 8.78. The van der Waals surface area contributed by atoms with E-state index in [1.54, 1.807) is 12.2 Å². The highest BCUT2D eigenvalue weighted by Gasteiger charge is 2.40. The molecule has 0 bridgehead atoms. The van der Waals surface area contributed by atoms with Gasteiger partial charge in [0.1, 0.15) is 0 Å². The molecule has 7 heteroatoms. The SMILES string of the molecule is CCCC(NC(=O)C(F)(F)F)C(=O)CCl. The second-order valence-electron chi connectivity index (χ2n) is 2.91. The fraction of sp³-hybridized carbons (Fsp3) is 0.750. The van der Waals surface area contributed by atoms with Crippen LogP contribution in [0.4, 0.5) is 13.2 Å². The molecular weight excluding hydrogens is 235 g/mol. The maximum atomic E-state index is 11.9. The van der Waals surface area contributed by atoms with E-state index in [1.165, 1.54) is 0 Å². The summed E-state index contributed by atoms with van der Waals surface area (Å²) in [6.07, 6.45) is -4.35. The van der Waals surface area contributed by atoms with Crippen LogP contribution in [0.25, 0.3) is 0 Å². The van der Waals surface area contributed by atoms with Crippen LogP contribution in [0.3, 0.4) is 0 Å². The number of carbonyl (C=O) groups is 2. The van der Waals surface area contributed by atoms with Gasteiger partial charge in [0, 0.05) is 0 Å². The number of amides is 1. The first kappa shape index (κ1) is 14.2. The highest BCUT2D eigenvalue weighted by Crippen LogP contribution is 2.15. The fourth-order valence-corrected chi connectivity index (χ4v) is 1.12. The van der Waals surface area contributed by atoms with Crippen LogP contribution >= 0.6 is 11.6 Å². The van der Waals surface area contributed by atoms with Crippen molar-refractivity contribution in [1.29, 1.82) is 0 Å². The van der Waals surface area contributed by atoms with Crippen LogP contribution in [-0.2, 0) is 9.59 Å². The lowest BCUT2D eigenvalue weighted by Crippen LogP contribution is -2.47. The van der Waals surface area contributed by atoms with Crippen molar-refractivity contribution in [3.05, 3.63) is 0 Å². The Balaban J connectivity index is 4.42. The van der Waals surface area contributed by atoms with Gasteiger partial charge in [0.2, 0.25) is 0 Å². The first-order valence-electron chi connectivity index (χ1n) is 4.29. The largest absolute Gasteiger partial charge is 0.471 e. The average molecular weight is 246 g/mol. The molecule has 0 aliphatic heterocycles. The van der Waals surface area contributed by atoms with E-state index in [0.717, 1.165) is 0 Å². The number of alkyl halides is 4. The Morgan fingerprint density at radius 2 is 1.93 bits per heavy atom. The molecule has 15 heavy (non-hydrogen) atoms. The minimum absolute atomic E-state index is 0.146. The first-order valence-corrected chi connectivity index (χ1v) is 4.82. The lowest BCUT2D eigenvalue weighted by atomic mass is 10.1. The van der Waals surface area contributed by atoms with Crippen molar-refractivity contribution in [2.24, 2.45) is 0 Å². The van der Waals surface area contributed by atoms with Crippen molar-refractivity contribution in [3.63, 3.8) is 0 Å². The maximum absolute atomic E-state index is 11.9. The summed E-state index contributed by atoms with van der Waals surface area (Å²) in [7, 11) is 0. The van der Waals surface area contributed by atoms with Gasteiger partial charge in [-0.05, 0) is 6.42 Å². The minimum Gasteiger partial charge on any atom is -0.338 e. The molecule has 0 aromatic heterocycles. The van der Waals surface area contributed by atoms with Gasteiger partial charge >= 0.3 is 12.1 Å². The maximum Gasteiger partial charge on any atom is 0.471 e. The molecule has 0 radical (unpaired) electrons. The van der Waals surface area contributed by atoms with Gasteiger partial charge in [-0.2, -0.15) is 13.2 Å². The van der Waals surface area contributed by atoms with Gasteiger partial charge in [-0.15, -0.1) is 11.6 Å². The third-order valence-electron chi connectivity index (χ3n) is 1.66. The summed E-state index contributed by atoms with van der Waals surface area (Å²) in [5.41, 5.74) is 0. The van der Waals surface area contributed by atoms with Crippen molar-refractivity contribution < 1.29 is 22.8 Å². The molecule has 0 aliphatic carbocycles. The Kier molecular flexibility index (Phi) is 5.64. The van der Waals surface area contributed by atoms with Crippen molar-refractivity contribution in [1.82, 2.24) is 5.32 Å². The van der Waals surface area contributed by atoms with E-state index in [2.05, 4.69) is 0 Å². The Morgan fingerprint density at radius 3 is 2.27 bits per heavy atom. The number of carbonyl (C=O) groups excluding carboxylic acids is 2. The molecule has 0 aromatic rings. The monoisotopic (exact) mass is 245 g/mol. The van der Waals surface area contributed by atoms with Crippen LogP contribution in [0, 0.1) is 0 Å². The molecule has 3 nitrogen and oxygen atoms in total. The van der Waals surface area contributed by atoms with Crippen molar-refractivity contribution in [2.75, 3.05) is 5.88 Å². The smallest absolute Gasteiger partial charge is 0.338 e. The van der Waals surface area contributed by atoms with Gasteiger partial charge in [0.15, 0.2) is 5.78 Å². The molecule has 0 saturated carbocycles. The first-order chi connectivity index (χ1) is 6.82. The van der Waals surface area contributed by atoms with Crippen LogP contribution in [0.2, 0.25) is 0 Å². The molecule has 0 aromatic carbocycles. The molecule has 1 amide bonds. The zero-order valence-electron chi connectivity index (χ0n) is 8.03. The second-order valence-corrected chi connectivity index (χ2v) is 3.18. The summed E-state index contributed by atoms with van der Waals surface area (Å²) in [6, 6.07) is -1.15. The van der Waals surface area contributed by atoms with Gasteiger partial charge in [-0.25, -0.2) is 0 Å². The molecule has 0 rings (SSSR count). The second kappa shape index (κ2) is 5.95. The summed E-state index contributed by atoms with van der Waals surface area (Å²) < 4.78 is 35.6. The standard InChI is InChI=1S/C8H11ClF3NO2/c1-2-3-5(6(14)4-9)13-7(15)8(10,11)12/h5H,2-4H2,1H3,(H,13,15).